The molecule has 0 saturated carbocycles. The molecular formula is C15H28N4O. The number of aromatic nitrogens is 1. The van der Waals surface area contributed by atoms with Crippen LogP contribution in [0.2, 0.25) is 0 Å². The second kappa shape index (κ2) is 7.20. The Bertz CT molecular complexity index is 402. The summed E-state index contributed by atoms with van der Waals surface area (Å²) in [5, 5.41) is 7.50. The summed E-state index contributed by atoms with van der Waals surface area (Å²) in [6.07, 6.45) is 2.57. The van der Waals surface area contributed by atoms with Gasteiger partial charge in [-0.15, -0.1) is 0 Å². The van der Waals surface area contributed by atoms with Crippen molar-refractivity contribution >= 4 is 0 Å². The van der Waals surface area contributed by atoms with E-state index in [1.807, 2.05) is 0 Å². The van der Waals surface area contributed by atoms with Gasteiger partial charge in [0.2, 0.25) is 0 Å². The van der Waals surface area contributed by atoms with Crippen LogP contribution in [0.4, 0.5) is 0 Å². The summed E-state index contributed by atoms with van der Waals surface area (Å²) >= 11 is 0. The van der Waals surface area contributed by atoms with Gasteiger partial charge >= 0.3 is 0 Å². The summed E-state index contributed by atoms with van der Waals surface area (Å²) in [5.74, 6) is 0.983. The van der Waals surface area contributed by atoms with Crippen LogP contribution in [0.15, 0.2) is 10.6 Å². The fraction of sp³-hybridized carbons (Fsp3) is 0.800. The topological polar surface area (TPSA) is 44.5 Å². The van der Waals surface area contributed by atoms with Crippen molar-refractivity contribution in [2.45, 2.75) is 51.9 Å². The molecule has 2 rings (SSSR count). The van der Waals surface area contributed by atoms with E-state index in [4.69, 9.17) is 4.52 Å². The SMILES string of the molecule is CC(C)NCc1cc(CN2CCCC2CN(C)C)on1. The zero-order valence-electron chi connectivity index (χ0n) is 13.2. The second-order valence-corrected chi connectivity index (χ2v) is 6.35. The molecule has 0 amide bonds. The lowest BCUT2D eigenvalue weighted by molar-refractivity contribution is 0.182. The molecular weight excluding hydrogens is 252 g/mol. The highest BCUT2D eigenvalue weighted by molar-refractivity contribution is 5.06. The van der Waals surface area contributed by atoms with E-state index < -0.39 is 0 Å². The van der Waals surface area contributed by atoms with Gasteiger partial charge in [-0.25, -0.2) is 0 Å². The summed E-state index contributed by atoms with van der Waals surface area (Å²) in [4.78, 5) is 4.78. The number of nitrogens with zero attached hydrogens (tertiary/aromatic N) is 3. The Hall–Kier alpha value is -0.910. The molecule has 2 heterocycles. The van der Waals surface area contributed by atoms with Gasteiger partial charge < -0.3 is 14.7 Å². The van der Waals surface area contributed by atoms with Crippen LogP contribution in [0.25, 0.3) is 0 Å². The summed E-state index contributed by atoms with van der Waals surface area (Å²) in [5.41, 5.74) is 0.997. The van der Waals surface area contributed by atoms with Crippen LogP contribution in [0.3, 0.4) is 0 Å². The average Bonchev–Trinajstić information content (AvgIpc) is 2.97. The minimum atomic E-state index is 0.471. The van der Waals surface area contributed by atoms with Crippen LogP contribution >= 0.6 is 0 Å². The molecule has 1 unspecified atom stereocenters. The van der Waals surface area contributed by atoms with Crippen molar-refractivity contribution < 1.29 is 4.52 Å². The third-order valence-corrected chi connectivity index (χ3v) is 3.73. The molecule has 20 heavy (non-hydrogen) atoms. The van der Waals surface area contributed by atoms with Crippen molar-refractivity contribution in [3.05, 3.63) is 17.5 Å². The van der Waals surface area contributed by atoms with Crippen molar-refractivity contribution in [1.82, 2.24) is 20.3 Å². The van der Waals surface area contributed by atoms with E-state index in [0.717, 1.165) is 31.1 Å². The lowest BCUT2D eigenvalue weighted by Crippen LogP contribution is -2.36. The van der Waals surface area contributed by atoms with Crippen LogP contribution in [-0.4, -0.2) is 54.2 Å². The lowest BCUT2D eigenvalue weighted by Gasteiger charge is -2.25. The molecule has 5 nitrogen and oxygen atoms in total. The van der Waals surface area contributed by atoms with E-state index in [9.17, 15) is 0 Å². The van der Waals surface area contributed by atoms with Crippen molar-refractivity contribution in [1.29, 1.82) is 0 Å². The zero-order valence-corrected chi connectivity index (χ0v) is 13.2. The normalized spacial score (nSPS) is 20.4. The molecule has 1 atom stereocenters. The van der Waals surface area contributed by atoms with Gasteiger partial charge in [-0.2, -0.15) is 0 Å². The first-order valence-electron chi connectivity index (χ1n) is 7.61. The average molecular weight is 280 g/mol. The van der Waals surface area contributed by atoms with Crippen molar-refractivity contribution in [3.63, 3.8) is 0 Å². The van der Waals surface area contributed by atoms with E-state index in [0.29, 0.717) is 12.1 Å². The third-order valence-electron chi connectivity index (χ3n) is 3.73. The quantitative estimate of drug-likeness (QED) is 0.823. The van der Waals surface area contributed by atoms with Crippen molar-refractivity contribution in [2.75, 3.05) is 27.2 Å². The van der Waals surface area contributed by atoms with Crippen LogP contribution in [0.5, 0.6) is 0 Å². The first-order valence-corrected chi connectivity index (χ1v) is 7.61. The maximum Gasteiger partial charge on any atom is 0.151 e. The smallest absolute Gasteiger partial charge is 0.151 e. The highest BCUT2D eigenvalue weighted by atomic mass is 16.5. The number of likely N-dealkylation sites (N-methyl/N-ethyl adjacent to an activating group) is 1. The predicted molar refractivity (Wildman–Crippen MR) is 80.5 cm³/mol. The van der Waals surface area contributed by atoms with E-state index in [2.05, 4.69) is 54.3 Å². The molecule has 1 aromatic heterocycles. The zero-order chi connectivity index (χ0) is 14.5. The third kappa shape index (κ3) is 4.58. The van der Waals surface area contributed by atoms with E-state index >= 15 is 0 Å². The summed E-state index contributed by atoms with van der Waals surface area (Å²) < 4.78 is 5.47. The largest absolute Gasteiger partial charge is 0.360 e. The lowest BCUT2D eigenvalue weighted by atomic mass is 10.2. The van der Waals surface area contributed by atoms with E-state index in [1.165, 1.54) is 19.4 Å². The van der Waals surface area contributed by atoms with Crippen LogP contribution in [-0.2, 0) is 13.1 Å². The van der Waals surface area contributed by atoms with Gasteiger partial charge in [-0.1, -0.05) is 19.0 Å². The van der Waals surface area contributed by atoms with E-state index in [-0.39, 0.29) is 0 Å². The van der Waals surface area contributed by atoms with Gasteiger partial charge in [0.25, 0.3) is 0 Å². The number of hydrogen-bond acceptors (Lipinski definition) is 5. The minimum absolute atomic E-state index is 0.471. The number of nitrogens with one attached hydrogen (secondary N) is 1. The molecule has 114 valence electrons. The standard InChI is InChI=1S/C15H28N4O/c1-12(2)16-9-13-8-15(20-17-13)11-19-7-5-6-14(19)10-18(3)4/h8,12,14,16H,5-7,9-11H2,1-4H3. The molecule has 0 aromatic carbocycles. The monoisotopic (exact) mass is 280 g/mol. The molecule has 0 aliphatic carbocycles. The fourth-order valence-electron chi connectivity index (χ4n) is 2.75. The molecule has 0 spiro atoms. The first-order chi connectivity index (χ1) is 9.54. The first kappa shape index (κ1) is 15.5. The molecule has 1 aliphatic rings. The molecule has 1 N–H and O–H groups in total. The Morgan fingerprint density at radius 1 is 1.50 bits per heavy atom. The van der Waals surface area contributed by atoms with Gasteiger partial charge in [0.15, 0.2) is 5.76 Å². The predicted octanol–water partition coefficient (Wildman–Crippen LogP) is 1.70. The fourth-order valence-corrected chi connectivity index (χ4v) is 2.75. The highest BCUT2D eigenvalue weighted by Gasteiger charge is 2.25. The van der Waals surface area contributed by atoms with Crippen LogP contribution in [0.1, 0.15) is 38.1 Å². The second-order valence-electron chi connectivity index (χ2n) is 6.35. The number of rotatable bonds is 7. The Morgan fingerprint density at radius 2 is 2.30 bits per heavy atom. The molecule has 1 saturated heterocycles. The summed E-state index contributed by atoms with van der Waals surface area (Å²) in [6.45, 7) is 8.22. The van der Waals surface area contributed by atoms with Gasteiger partial charge in [0.05, 0.1) is 12.2 Å². The molecule has 0 bridgehead atoms. The van der Waals surface area contributed by atoms with Crippen LogP contribution < -0.4 is 5.32 Å². The summed E-state index contributed by atoms with van der Waals surface area (Å²) in [7, 11) is 4.28. The Labute approximate surface area is 122 Å². The molecule has 5 heteroatoms. The minimum Gasteiger partial charge on any atom is -0.360 e. The van der Waals surface area contributed by atoms with Crippen molar-refractivity contribution in [3.8, 4) is 0 Å². The van der Waals surface area contributed by atoms with Gasteiger partial charge in [0, 0.05) is 31.2 Å². The molecule has 1 aromatic rings. The molecule has 0 radical (unpaired) electrons. The summed E-state index contributed by atoms with van der Waals surface area (Å²) in [6, 6.07) is 3.20. The highest BCUT2D eigenvalue weighted by Crippen LogP contribution is 2.20. The Morgan fingerprint density at radius 3 is 3.00 bits per heavy atom. The van der Waals surface area contributed by atoms with Crippen LogP contribution in [0, 0.1) is 0 Å². The van der Waals surface area contributed by atoms with E-state index in [1.54, 1.807) is 0 Å². The Balaban J connectivity index is 1.86. The van der Waals surface area contributed by atoms with Gasteiger partial charge in [-0.05, 0) is 33.5 Å². The number of hydrogen-bond donors (Lipinski definition) is 1. The number of likely N-dealkylation sites (tertiary alicyclic amines) is 1. The maximum absolute atomic E-state index is 5.47. The van der Waals surface area contributed by atoms with Crippen molar-refractivity contribution in [2.24, 2.45) is 0 Å². The van der Waals surface area contributed by atoms with Gasteiger partial charge in [0.1, 0.15) is 0 Å². The maximum atomic E-state index is 5.47. The molecule has 1 aliphatic heterocycles. The van der Waals surface area contributed by atoms with Gasteiger partial charge in [-0.3, -0.25) is 4.90 Å². The molecule has 1 fully saturated rings. The Kier molecular flexibility index (Phi) is 5.57.